The van der Waals surface area contributed by atoms with Crippen molar-refractivity contribution in [3.05, 3.63) is 52.1 Å². The average Bonchev–Trinajstić information content (AvgIpc) is 3.09. The fraction of sp³-hybridized carbons (Fsp3) is 0.227. The molecule has 2 aromatic carbocycles. The Bertz CT molecular complexity index is 1290. The fourth-order valence-corrected chi connectivity index (χ4v) is 4.18. The molecule has 10 heteroatoms. The van der Waals surface area contributed by atoms with E-state index in [1.807, 2.05) is 12.1 Å². The third-order valence-corrected chi connectivity index (χ3v) is 5.84. The van der Waals surface area contributed by atoms with E-state index < -0.39 is 11.8 Å². The lowest BCUT2D eigenvalue weighted by molar-refractivity contribution is -0.134. The summed E-state index contributed by atoms with van der Waals surface area (Å²) in [5.74, 6) is -1.18. The number of nitrogens with one attached hydrogen (secondary N) is 2. The maximum absolute atomic E-state index is 12.4. The predicted octanol–water partition coefficient (Wildman–Crippen LogP) is 2.75. The van der Waals surface area contributed by atoms with Gasteiger partial charge in [0.05, 0.1) is 22.9 Å². The topological polar surface area (TPSA) is 126 Å². The van der Waals surface area contributed by atoms with Crippen molar-refractivity contribution in [3.8, 4) is 11.8 Å². The number of ether oxygens (including phenoxy) is 1. The van der Waals surface area contributed by atoms with Crippen molar-refractivity contribution >= 4 is 50.2 Å². The normalized spacial score (nSPS) is 15.8. The van der Waals surface area contributed by atoms with E-state index in [0.717, 1.165) is 5.39 Å². The smallest absolute Gasteiger partial charge is 0.262 e. The molecule has 1 unspecified atom stereocenters. The number of hydrogen-bond acceptors (Lipinski definition) is 6. The van der Waals surface area contributed by atoms with E-state index in [-0.39, 0.29) is 24.8 Å². The average molecular weight is 496 g/mol. The Hall–Kier alpha value is -3.71. The summed E-state index contributed by atoms with van der Waals surface area (Å²) in [6, 6.07) is 12.4. The summed E-state index contributed by atoms with van der Waals surface area (Å²) in [7, 11) is 1.73. The summed E-state index contributed by atoms with van der Waals surface area (Å²) >= 11 is 3.29. The monoisotopic (exact) mass is 495 g/mol. The van der Waals surface area contributed by atoms with Crippen molar-refractivity contribution < 1.29 is 19.1 Å². The number of rotatable bonds is 5. The predicted molar refractivity (Wildman–Crippen MR) is 119 cm³/mol. The van der Waals surface area contributed by atoms with E-state index in [1.54, 1.807) is 42.1 Å². The molecule has 1 saturated heterocycles. The van der Waals surface area contributed by atoms with Gasteiger partial charge in [0.25, 0.3) is 5.91 Å². The van der Waals surface area contributed by atoms with Gasteiger partial charge < -0.3 is 10.1 Å². The van der Waals surface area contributed by atoms with Crippen LogP contribution in [0.2, 0.25) is 0 Å². The molecular weight excluding hydrogens is 478 g/mol. The highest BCUT2D eigenvalue weighted by atomic mass is 79.9. The molecular formula is C22H18BrN5O4. The van der Waals surface area contributed by atoms with Crippen molar-refractivity contribution in [2.45, 2.75) is 18.8 Å². The molecule has 0 aliphatic carbocycles. The van der Waals surface area contributed by atoms with Crippen molar-refractivity contribution in [3.63, 3.8) is 0 Å². The molecule has 32 heavy (non-hydrogen) atoms. The van der Waals surface area contributed by atoms with Crippen molar-refractivity contribution in [2.24, 2.45) is 7.05 Å². The van der Waals surface area contributed by atoms with E-state index >= 15 is 0 Å². The summed E-state index contributed by atoms with van der Waals surface area (Å²) in [6.07, 6.45) is 0.642. The largest absolute Gasteiger partial charge is 0.481 e. The zero-order valence-corrected chi connectivity index (χ0v) is 18.6. The number of nitrogens with zero attached hydrogens (tertiary/aromatic N) is 3. The first-order valence-corrected chi connectivity index (χ1v) is 10.6. The van der Waals surface area contributed by atoms with Gasteiger partial charge in [-0.25, -0.2) is 0 Å². The van der Waals surface area contributed by atoms with E-state index in [9.17, 15) is 19.6 Å². The molecule has 4 rings (SSSR count). The zero-order valence-electron chi connectivity index (χ0n) is 17.0. The van der Waals surface area contributed by atoms with Crippen LogP contribution < -0.4 is 15.4 Å². The first kappa shape index (κ1) is 21.5. The van der Waals surface area contributed by atoms with Gasteiger partial charge >= 0.3 is 0 Å². The van der Waals surface area contributed by atoms with E-state index in [4.69, 9.17) is 4.74 Å². The molecule has 2 N–H and O–H groups in total. The lowest BCUT2D eigenvalue weighted by atomic mass is 9.93. The molecule has 162 valence electrons. The zero-order chi connectivity index (χ0) is 22.8. The minimum atomic E-state index is -0.532. The third-order valence-electron chi connectivity index (χ3n) is 5.18. The number of piperidine rings is 1. The number of carbonyl (C=O) groups is 3. The minimum Gasteiger partial charge on any atom is -0.481 e. The number of aromatic nitrogens is 2. The Morgan fingerprint density at radius 1 is 1.34 bits per heavy atom. The number of aryl methyl sites for hydroxylation is 1. The highest BCUT2D eigenvalue weighted by molar-refractivity contribution is 9.10. The number of anilines is 1. The maximum Gasteiger partial charge on any atom is 0.262 e. The van der Waals surface area contributed by atoms with Gasteiger partial charge in [-0.2, -0.15) is 10.4 Å². The molecule has 1 fully saturated rings. The number of imide groups is 1. The fourth-order valence-electron chi connectivity index (χ4n) is 3.73. The first-order chi connectivity index (χ1) is 15.4. The first-order valence-electron chi connectivity index (χ1n) is 9.79. The number of fused-ring (bicyclic) bond motifs is 1. The summed E-state index contributed by atoms with van der Waals surface area (Å²) < 4.78 is 7.94. The van der Waals surface area contributed by atoms with Crippen LogP contribution in [0.3, 0.4) is 0 Å². The minimum absolute atomic E-state index is 0.255. The molecule has 1 aromatic heterocycles. The summed E-state index contributed by atoms with van der Waals surface area (Å²) in [4.78, 5) is 36.2. The van der Waals surface area contributed by atoms with Crippen LogP contribution in [0.15, 0.2) is 40.9 Å². The van der Waals surface area contributed by atoms with Crippen LogP contribution in [0.25, 0.3) is 10.9 Å². The summed E-state index contributed by atoms with van der Waals surface area (Å²) in [5, 5.41) is 19.5. The van der Waals surface area contributed by atoms with Crippen LogP contribution in [0.1, 0.15) is 30.0 Å². The molecule has 9 nitrogen and oxygen atoms in total. The molecule has 0 spiro atoms. The Labute approximate surface area is 191 Å². The van der Waals surface area contributed by atoms with Crippen molar-refractivity contribution in [1.29, 1.82) is 5.26 Å². The molecule has 3 aromatic rings. The van der Waals surface area contributed by atoms with Crippen LogP contribution in [0, 0.1) is 11.3 Å². The van der Waals surface area contributed by atoms with Crippen LogP contribution in [0.4, 0.5) is 5.69 Å². The SMILES string of the molecule is Cn1nc(C2CCC(=O)NC2=O)c2cccc(OCC(=O)Nc3cccc(Br)c3C#N)c21. The number of hydrogen-bond donors (Lipinski definition) is 2. The Morgan fingerprint density at radius 3 is 2.88 bits per heavy atom. The number of benzene rings is 2. The second kappa shape index (κ2) is 8.80. The maximum atomic E-state index is 12.4. The van der Waals surface area contributed by atoms with Gasteiger partial charge in [0.15, 0.2) is 6.61 Å². The lowest BCUT2D eigenvalue weighted by Gasteiger charge is -2.19. The molecule has 0 radical (unpaired) electrons. The van der Waals surface area contributed by atoms with Crippen LogP contribution in [-0.4, -0.2) is 34.1 Å². The van der Waals surface area contributed by atoms with Gasteiger partial charge in [-0.1, -0.05) is 18.2 Å². The molecule has 3 amide bonds. The number of carbonyl (C=O) groups excluding carboxylic acids is 3. The van der Waals surface area contributed by atoms with Gasteiger partial charge in [-0.3, -0.25) is 24.4 Å². The number of para-hydroxylation sites is 1. The van der Waals surface area contributed by atoms with Gasteiger partial charge in [-0.05, 0) is 40.5 Å². The van der Waals surface area contributed by atoms with Crippen LogP contribution in [0.5, 0.6) is 5.75 Å². The summed E-state index contributed by atoms with van der Waals surface area (Å²) in [6.45, 7) is -0.282. The van der Waals surface area contributed by atoms with Crippen molar-refractivity contribution in [2.75, 3.05) is 11.9 Å². The second-order valence-corrected chi connectivity index (χ2v) is 8.13. The van der Waals surface area contributed by atoms with Gasteiger partial charge in [0.1, 0.15) is 17.3 Å². The highest BCUT2D eigenvalue weighted by Crippen LogP contribution is 2.34. The van der Waals surface area contributed by atoms with Crippen LogP contribution >= 0.6 is 15.9 Å². The third kappa shape index (κ3) is 4.07. The molecule has 0 bridgehead atoms. The Kier molecular flexibility index (Phi) is 5.92. The van der Waals surface area contributed by atoms with Gasteiger partial charge in [0.2, 0.25) is 11.8 Å². The second-order valence-electron chi connectivity index (χ2n) is 7.28. The molecule has 2 heterocycles. The van der Waals surface area contributed by atoms with E-state index in [1.165, 1.54) is 0 Å². The number of halogens is 1. The van der Waals surface area contributed by atoms with Gasteiger partial charge in [-0.15, -0.1) is 0 Å². The van der Waals surface area contributed by atoms with E-state index in [2.05, 4.69) is 31.7 Å². The highest BCUT2D eigenvalue weighted by Gasteiger charge is 2.32. The standard InChI is InChI=1S/C22H18BrN5O4/c1-28-21-12(20(27-28)13-8-9-18(29)26-22(13)31)4-2-7-17(21)32-11-19(30)25-16-6-3-5-15(23)14(16)10-24/h2-7,13H,8-9,11H2,1H3,(H,25,30)(H,26,29,31). The molecule has 0 saturated carbocycles. The molecule has 1 aliphatic rings. The van der Waals surface area contributed by atoms with Crippen LogP contribution in [-0.2, 0) is 21.4 Å². The number of amides is 3. The molecule has 1 aliphatic heterocycles. The van der Waals surface area contributed by atoms with Gasteiger partial charge in [0, 0.05) is 23.3 Å². The Morgan fingerprint density at radius 2 is 2.12 bits per heavy atom. The Balaban J connectivity index is 1.55. The molecule has 1 atom stereocenters. The van der Waals surface area contributed by atoms with Crippen molar-refractivity contribution in [1.82, 2.24) is 15.1 Å². The lowest BCUT2D eigenvalue weighted by Crippen LogP contribution is -2.39. The van der Waals surface area contributed by atoms with E-state index in [0.29, 0.717) is 39.1 Å². The quantitative estimate of drug-likeness (QED) is 0.524. The summed E-state index contributed by atoms with van der Waals surface area (Å²) in [5.41, 5.74) is 1.91. The number of nitriles is 1.